The summed E-state index contributed by atoms with van der Waals surface area (Å²) >= 11 is 3.43. The maximum absolute atomic E-state index is 12.7. The molecule has 0 bridgehead atoms. The Hall–Kier alpha value is -0.870. The van der Waals surface area contributed by atoms with Gasteiger partial charge in [0.05, 0.1) is 18.5 Å². The molecule has 1 saturated heterocycles. The third kappa shape index (κ3) is 2.09. The van der Waals surface area contributed by atoms with E-state index >= 15 is 0 Å². The monoisotopic (exact) mass is 337 g/mol. The fourth-order valence-electron chi connectivity index (χ4n) is 2.95. The van der Waals surface area contributed by atoms with Gasteiger partial charge in [-0.05, 0) is 36.5 Å². The Morgan fingerprint density at radius 1 is 1.25 bits per heavy atom. The van der Waals surface area contributed by atoms with Crippen LogP contribution in [0.4, 0.5) is 0 Å². The number of likely N-dealkylation sites (tertiary alicyclic amines) is 1. The number of carbonyl (C=O) groups excluding carboxylic acids is 1. The molecule has 1 aromatic carbocycles. The molecule has 1 N–H and O–H groups in total. The van der Waals surface area contributed by atoms with Crippen LogP contribution in [0, 0.1) is 5.92 Å². The number of rotatable bonds is 3. The molecule has 1 saturated carbocycles. The highest BCUT2D eigenvalue weighted by atomic mass is 79.9. The molecule has 0 radical (unpaired) electrons. The van der Waals surface area contributed by atoms with Gasteiger partial charge in [-0.1, -0.05) is 41.9 Å². The van der Waals surface area contributed by atoms with Crippen molar-refractivity contribution in [2.45, 2.75) is 37.7 Å². The molecular formula is C16H20BrNO2. The summed E-state index contributed by atoms with van der Waals surface area (Å²) in [5.74, 6) is 0.375. The van der Waals surface area contributed by atoms with Crippen LogP contribution >= 0.6 is 15.9 Å². The summed E-state index contributed by atoms with van der Waals surface area (Å²) in [6, 6.07) is 8.04. The van der Waals surface area contributed by atoms with E-state index in [1.54, 1.807) is 0 Å². The number of halogens is 1. The van der Waals surface area contributed by atoms with Gasteiger partial charge < -0.3 is 10.0 Å². The minimum Gasteiger partial charge on any atom is -0.386 e. The lowest BCUT2D eigenvalue weighted by molar-refractivity contribution is -0.166. The van der Waals surface area contributed by atoms with Crippen LogP contribution in [0.3, 0.4) is 0 Å². The van der Waals surface area contributed by atoms with Crippen molar-refractivity contribution in [1.82, 2.24) is 4.90 Å². The van der Waals surface area contributed by atoms with E-state index < -0.39 is 5.60 Å². The van der Waals surface area contributed by atoms with Crippen LogP contribution in [0.25, 0.3) is 0 Å². The minimum absolute atomic E-state index is 0.185. The summed E-state index contributed by atoms with van der Waals surface area (Å²) < 4.78 is 1.03. The zero-order valence-corrected chi connectivity index (χ0v) is 13.5. The highest BCUT2D eigenvalue weighted by Crippen LogP contribution is 2.51. The lowest BCUT2D eigenvalue weighted by Gasteiger charge is -2.50. The molecule has 1 aliphatic heterocycles. The standard InChI is InChI=1S/C16H20BrNO2/c1-11(2)16(20)9-18(10-16)14(19)15(7-8-15)12-3-5-13(17)6-4-12/h3-6,11,20H,7-10H2,1-2H3. The lowest BCUT2D eigenvalue weighted by atomic mass is 9.81. The summed E-state index contributed by atoms with van der Waals surface area (Å²) in [6.07, 6.45) is 1.84. The Morgan fingerprint density at radius 3 is 2.25 bits per heavy atom. The molecule has 1 aliphatic carbocycles. The average Bonchev–Trinajstić information content (AvgIpc) is 3.16. The molecule has 0 spiro atoms. The number of hydrogen-bond donors (Lipinski definition) is 1. The van der Waals surface area contributed by atoms with Crippen molar-refractivity contribution in [3.8, 4) is 0 Å². The Morgan fingerprint density at radius 2 is 1.80 bits per heavy atom. The largest absolute Gasteiger partial charge is 0.386 e. The first kappa shape index (κ1) is 14.1. The number of hydrogen-bond acceptors (Lipinski definition) is 2. The van der Waals surface area contributed by atoms with Gasteiger partial charge in [0.2, 0.25) is 5.91 Å². The Bertz CT molecular complexity index is 528. The van der Waals surface area contributed by atoms with Gasteiger partial charge in [-0.15, -0.1) is 0 Å². The van der Waals surface area contributed by atoms with E-state index in [2.05, 4.69) is 15.9 Å². The number of aliphatic hydroxyl groups is 1. The van der Waals surface area contributed by atoms with E-state index in [1.165, 1.54) is 0 Å². The molecule has 20 heavy (non-hydrogen) atoms. The van der Waals surface area contributed by atoms with Crippen LogP contribution in [0.15, 0.2) is 28.7 Å². The zero-order chi connectivity index (χ0) is 14.5. The van der Waals surface area contributed by atoms with E-state index in [0.29, 0.717) is 13.1 Å². The van der Waals surface area contributed by atoms with Gasteiger partial charge in [-0.25, -0.2) is 0 Å². The third-order valence-electron chi connectivity index (χ3n) is 4.85. The maximum Gasteiger partial charge on any atom is 0.233 e. The Labute approximate surface area is 128 Å². The van der Waals surface area contributed by atoms with Gasteiger partial charge in [0.25, 0.3) is 0 Å². The van der Waals surface area contributed by atoms with E-state index in [1.807, 2.05) is 43.0 Å². The second-order valence-corrected chi connectivity index (χ2v) is 7.42. The number of carbonyl (C=O) groups is 1. The molecule has 4 heteroatoms. The first-order chi connectivity index (χ1) is 9.37. The van der Waals surface area contributed by atoms with Crippen LogP contribution in [0.2, 0.25) is 0 Å². The third-order valence-corrected chi connectivity index (χ3v) is 5.38. The average molecular weight is 338 g/mol. The van der Waals surface area contributed by atoms with E-state index in [-0.39, 0.29) is 17.2 Å². The second kappa shape index (κ2) is 4.57. The first-order valence-corrected chi connectivity index (χ1v) is 7.94. The van der Waals surface area contributed by atoms with Crippen molar-refractivity contribution in [3.63, 3.8) is 0 Å². The summed E-state index contributed by atoms with van der Waals surface area (Å²) in [6.45, 7) is 4.95. The van der Waals surface area contributed by atoms with Crippen molar-refractivity contribution < 1.29 is 9.90 Å². The number of benzene rings is 1. The zero-order valence-electron chi connectivity index (χ0n) is 11.9. The molecule has 108 valence electrons. The van der Waals surface area contributed by atoms with Crippen LogP contribution in [0.5, 0.6) is 0 Å². The predicted molar refractivity (Wildman–Crippen MR) is 81.4 cm³/mol. The Balaban J connectivity index is 1.74. The number of nitrogens with zero attached hydrogens (tertiary/aromatic N) is 1. The van der Waals surface area contributed by atoms with Crippen molar-refractivity contribution in [1.29, 1.82) is 0 Å². The first-order valence-electron chi connectivity index (χ1n) is 7.15. The van der Waals surface area contributed by atoms with Crippen LogP contribution in [0.1, 0.15) is 32.3 Å². The maximum atomic E-state index is 12.7. The molecule has 0 unspecified atom stereocenters. The molecule has 0 atom stereocenters. The predicted octanol–water partition coefficient (Wildman–Crippen LogP) is 2.71. The fraction of sp³-hybridized carbons (Fsp3) is 0.562. The number of β-amino-alcohol motifs (C(OH)–C–C–N with tert-alkyl or cyclic N) is 1. The lowest BCUT2D eigenvalue weighted by Crippen LogP contribution is -2.67. The molecule has 2 aliphatic rings. The summed E-state index contributed by atoms with van der Waals surface area (Å²) in [7, 11) is 0. The molecular weight excluding hydrogens is 318 g/mol. The van der Waals surface area contributed by atoms with Crippen LogP contribution in [-0.2, 0) is 10.2 Å². The summed E-state index contributed by atoms with van der Waals surface area (Å²) in [5.41, 5.74) is 0.0930. The van der Waals surface area contributed by atoms with E-state index in [9.17, 15) is 9.90 Å². The molecule has 1 heterocycles. The normalized spacial score (nSPS) is 22.6. The quantitative estimate of drug-likeness (QED) is 0.921. The summed E-state index contributed by atoms with van der Waals surface area (Å²) in [5, 5.41) is 10.3. The molecule has 3 nitrogen and oxygen atoms in total. The van der Waals surface area contributed by atoms with Gasteiger partial charge in [0, 0.05) is 4.47 Å². The van der Waals surface area contributed by atoms with E-state index in [0.717, 1.165) is 22.9 Å². The van der Waals surface area contributed by atoms with Gasteiger partial charge in [-0.2, -0.15) is 0 Å². The van der Waals surface area contributed by atoms with Crippen molar-refractivity contribution in [3.05, 3.63) is 34.3 Å². The molecule has 1 aromatic rings. The smallest absolute Gasteiger partial charge is 0.233 e. The Kier molecular flexibility index (Phi) is 3.22. The van der Waals surface area contributed by atoms with Crippen LogP contribution < -0.4 is 0 Å². The summed E-state index contributed by atoms with van der Waals surface area (Å²) in [4.78, 5) is 14.5. The molecule has 0 aromatic heterocycles. The van der Waals surface area contributed by atoms with Gasteiger partial charge in [-0.3, -0.25) is 4.79 Å². The van der Waals surface area contributed by atoms with Crippen LogP contribution in [-0.4, -0.2) is 34.6 Å². The van der Waals surface area contributed by atoms with Crippen molar-refractivity contribution >= 4 is 21.8 Å². The van der Waals surface area contributed by atoms with E-state index in [4.69, 9.17) is 0 Å². The SMILES string of the molecule is CC(C)C1(O)CN(C(=O)C2(c3ccc(Br)cc3)CC2)C1. The topological polar surface area (TPSA) is 40.5 Å². The van der Waals surface area contributed by atoms with Gasteiger partial charge in [0.1, 0.15) is 5.60 Å². The highest BCUT2D eigenvalue weighted by molar-refractivity contribution is 9.10. The molecule has 1 amide bonds. The van der Waals surface area contributed by atoms with Gasteiger partial charge >= 0.3 is 0 Å². The van der Waals surface area contributed by atoms with Crippen molar-refractivity contribution in [2.24, 2.45) is 5.92 Å². The molecule has 3 rings (SSSR count). The highest BCUT2D eigenvalue weighted by Gasteiger charge is 2.57. The second-order valence-electron chi connectivity index (χ2n) is 6.51. The van der Waals surface area contributed by atoms with Crippen molar-refractivity contribution in [2.75, 3.05) is 13.1 Å². The minimum atomic E-state index is -0.689. The van der Waals surface area contributed by atoms with Gasteiger partial charge in [0.15, 0.2) is 0 Å². The number of amides is 1. The fourth-order valence-corrected chi connectivity index (χ4v) is 3.21. The molecule has 2 fully saturated rings.